The van der Waals surface area contributed by atoms with Crippen LogP contribution in [0.3, 0.4) is 0 Å². The molecular formula is C13H19NO3S. The van der Waals surface area contributed by atoms with Crippen LogP contribution in [0.4, 0.5) is 0 Å². The third kappa shape index (κ3) is 2.91. The van der Waals surface area contributed by atoms with Gasteiger partial charge in [-0.2, -0.15) is 0 Å². The zero-order valence-corrected chi connectivity index (χ0v) is 11.4. The zero-order valence-electron chi connectivity index (χ0n) is 10.5. The number of hydrogen-bond acceptors (Lipinski definition) is 3. The van der Waals surface area contributed by atoms with Crippen molar-refractivity contribution in [2.75, 3.05) is 7.05 Å². The molecule has 2 rings (SSSR count). The molecule has 18 heavy (non-hydrogen) atoms. The SMILES string of the molecule is CN(C1CCC1)S(=O)(=O)Cc1cccc(CO)c1. The van der Waals surface area contributed by atoms with E-state index in [1.165, 1.54) is 4.31 Å². The van der Waals surface area contributed by atoms with Crippen molar-refractivity contribution in [3.63, 3.8) is 0 Å². The molecule has 0 aliphatic heterocycles. The number of nitrogens with zero attached hydrogens (tertiary/aromatic N) is 1. The highest BCUT2D eigenvalue weighted by atomic mass is 32.2. The summed E-state index contributed by atoms with van der Waals surface area (Å²) >= 11 is 0. The average molecular weight is 269 g/mol. The van der Waals surface area contributed by atoms with E-state index in [0.717, 1.165) is 30.4 Å². The van der Waals surface area contributed by atoms with Crippen molar-refractivity contribution in [3.8, 4) is 0 Å². The van der Waals surface area contributed by atoms with Gasteiger partial charge in [0.25, 0.3) is 0 Å². The Bertz CT molecular complexity index is 509. The zero-order chi connectivity index (χ0) is 13.2. The summed E-state index contributed by atoms with van der Waals surface area (Å²) in [6.07, 6.45) is 3.04. The van der Waals surface area contributed by atoms with Gasteiger partial charge in [0, 0.05) is 13.1 Å². The molecule has 4 nitrogen and oxygen atoms in total. The van der Waals surface area contributed by atoms with Gasteiger partial charge in [-0.15, -0.1) is 0 Å². The number of aliphatic hydroxyl groups is 1. The normalized spacial score (nSPS) is 16.8. The maximum Gasteiger partial charge on any atom is 0.218 e. The van der Waals surface area contributed by atoms with Gasteiger partial charge in [-0.1, -0.05) is 30.7 Å². The van der Waals surface area contributed by atoms with Crippen molar-refractivity contribution < 1.29 is 13.5 Å². The molecule has 0 amide bonds. The molecule has 0 saturated heterocycles. The smallest absolute Gasteiger partial charge is 0.218 e. The van der Waals surface area contributed by atoms with Crippen molar-refractivity contribution >= 4 is 10.0 Å². The van der Waals surface area contributed by atoms with E-state index in [1.54, 1.807) is 31.3 Å². The van der Waals surface area contributed by atoms with Crippen LogP contribution in [0.1, 0.15) is 30.4 Å². The molecular weight excluding hydrogens is 250 g/mol. The molecule has 0 aromatic heterocycles. The molecule has 0 spiro atoms. The monoisotopic (exact) mass is 269 g/mol. The van der Waals surface area contributed by atoms with Crippen molar-refractivity contribution in [1.82, 2.24) is 4.31 Å². The second-order valence-electron chi connectivity index (χ2n) is 4.84. The summed E-state index contributed by atoms with van der Waals surface area (Å²) in [6, 6.07) is 7.26. The highest BCUT2D eigenvalue weighted by Crippen LogP contribution is 2.26. The number of rotatable bonds is 5. The van der Waals surface area contributed by atoms with E-state index in [4.69, 9.17) is 5.11 Å². The molecule has 0 radical (unpaired) electrons. The first-order valence-electron chi connectivity index (χ1n) is 6.17. The van der Waals surface area contributed by atoms with Crippen molar-refractivity contribution in [3.05, 3.63) is 35.4 Å². The molecule has 1 aromatic rings. The van der Waals surface area contributed by atoms with Gasteiger partial charge in [0.15, 0.2) is 0 Å². The van der Waals surface area contributed by atoms with Crippen LogP contribution in [0.2, 0.25) is 0 Å². The van der Waals surface area contributed by atoms with Crippen LogP contribution in [0, 0.1) is 0 Å². The number of benzene rings is 1. The Morgan fingerprint density at radius 1 is 1.33 bits per heavy atom. The Morgan fingerprint density at radius 2 is 2.00 bits per heavy atom. The highest BCUT2D eigenvalue weighted by molar-refractivity contribution is 7.88. The summed E-state index contributed by atoms with van der Waals surface area (Å²) in [6.45, 7) is -0.0631. The summed E-state index contributed by atoms with van der Waals surface area (Å²) in [7, 11) is -1.58. The highest BCUT2D eigenvalue weighted by Gasteiger charge is 2.30. The summed E-state index contributed by atoms with van der Waals surface area (Å²) in [5, 5.41) is 9.05. The first-order valence-corrected chi connectivity index (χ1v) is 7.78. The average Bonchev–Trinajstić information content (AvgIpc) is 2.26. The van der Waals surface area contributed by atoms with Gasteiger partial charge in [0.05, 0.1) is 12.4 Å². The minimum Gasteiger partial charge on any atom is -0.392 e. The van der Waals surface area contributed by atoms with Crippen LogP contribution in [-0.4, -0.2) is 30.9 Å². The lowest BCUT2D eigenvalue weighted by Gasteiger charge is -2.33. The molecule has 5 heteroatoms. The first kappa shape index (κ1) is 13.5. The van der Waals surface area contributed by atoms with Gasteiger partial charge in [-0.3, -0.25) is 0 Å². The second-order valence-corrected chi connectivity index (χ2v) is 6.86. The van der Waals surface area contributed by atoms with E-state index in [0.29, 0.717) is 0 Å². The molecule has 1 aliphatic carbocycles. The fourth-order valence-electron chi connectivity index (χ4n) is 2.11. The van der Waals surface area contributed by atoms with Gasteiger partial charge < -0.3 is 5.11 Å². The van der Waals surface area contributed by atoms with E-state index in [-0.39, 0.29) is 18.4 Å². The van der Waals surface area contributed by atoms with Crippen molar-refractivity contribution in [2.45, 2.75) is 37.7 Å². The molecule has 1 fully saturated rings. The molecule has 0 unspecified atom stereocenters. The van der Waals surface area contributed by atoms with Crippen LogP contribution in [-0.2, 0) is 22.4 Å². The summed E-state index contributed by atoms with van der Waals surface area (Å²) < 4.78 is 25.9. The fourth-order valence-corrected chi connectivity index (χ4v) is 3.58. The van der Waals surface area contributed by atoms with Gasteiger partial charge >= 0.3 is 0 Å². The fraction of sp³-hybridized carbons (Fsp3) is 0.538. The van der Waals surface area contributed by atoms with Crippen LogP contribution < -0.4 is 0 Å². The lowest BCUT2D eigenvalue weighted by Crippen LogP contribution is -2.41. The maximum absolute atomic E-state index is 12.2. The summed E-state index contributed by atoms with van der Waals surface area (Å²) in [5.41, 5.74) is 1.47. The standard InChI is InChI=1S/C13H19NO3S/c1-14(13-6-3-7-13)18(16,17)10-12-5-2-4-11(8-12)9-15/h2,4-5,8,13,15H,3,6-7,9-10H2,1H3. The van der Waals surface area contributed by atoms with Crippen LogP contribution in [0.25, 0.3) is 0 Å². The number of aliphatic hydroxyl groups excluding tert-OH is 1. The molecule has 1 aromatic carbocycles. The predicted molar refractivity (Wildman–Crippen MR) is 70.4 cm³/mol. The largest absolute Gasteiger partial charge is 0.392 e. The molecule has 0 bridgehead atoms. The minimum absolute atomic E-state index is 0.00778. The predicted octanol–water partition coefficient (Wildman–Crippen LogP) is 1.49. The lowest BCUT2D eigenvalue weighted by molar-refractivity contribution is 0.249. The number of hydrogen-bond donors (Lipinski definition) is 1. The number of sulfonamides is 1. The van der Waals surface area contributed by atoms with Gasteiger partial charge in [0.2, 0.25) is 10.0 Å². The van der Waals surface area contributed by atoms with Crippen LogP contribution >= 0.6 is 0 Å². The topological polar surface area (TPSA) is 57.6 Å². The van der Waals surface area contributed by atoms with E-state index >= 15 is 0 Å². The van der Waals surface area contributed by atoms with Gasteiger partial charge in [-0.05, 0) is 24.0 Å². The molecule has 1 aliphatic rings. The third-order valence-corrected chi connectivity index (χ3v) is 5.42. The summed E-state index contributed by atoms with van der Waals surface area (Å²) in [5.74, 6) is 0.00778. The molecule has 0 atom stereocenters. The molecule has 100 valence electrons. The van der Waals surface area contributed by atoms with E-state index in [2.05, 4.69) is 0 Å². The van der Waals surface area contributed by atoms with E-state index in [1.807, 2.05) is 0 Å². The third-order valence-electron chi connectivity index (χ3n) is 3.55. The Morgan fingerprint density at radius 3 is 2.56 bits per heavy atom. The lowest BCUT2D eigenvalue weighted by atomic mass is 9.94. The van der Waals surface area contributed by atoms with E-state index < -0.39 is 10.0 Å². The van der Waals surface area contributed by atoms with Crippen molar-refractivity contribution in [1.29, 1.82) is 0 Å². The Labute approximate surface area is 108 Å². The minimum atomic E-state index is -3.25. The van der Waals surface area contributed by atoms with Gasteiger partial charge in [-0.25, -0.2) is 12.7 Å². The van der Waals surface area contributed by atoms with E-state index in [9.17, 15) is 8.42 Å². The van der Waals surface area contributed by atoms with Crippen molar-refractivity contribution in [2.24, 2.45) is 0 Å². The molecule has 0 heterocycles. The summed E-state index contributed by atoms with van der Waals surface area (Å²) in [4.78, 5) is 0. The Hall–Kier alpha value is -0.910. The van der Waals surface area contributed by atoms with Crippen LogP contribution in [0.15, 0.2) is 24.3 Å². The molecule has 1 N–H and O–H groups in total. The Kier molecular flexibility index (Phi) is 4.04. The van der Waals surface area contributed by atoms with Gasteiger partial charge in [0.1, 0.15) is 0 Å². The first-order chi connectivity index (χ1) is 8.53. The second kappa shape index (κ2) is 5.38. The quantitative estimate of drug-likeness (QED) is 0.881. The Balaban J connectivity index is 2.11. The molecule has 1 saturated carbocycles. The maximum atomic E-state index is 12.2. The van der Waals surface area contributed by atoms with Crippen LogP contribution in [0.5, 0.6) is 0 Å².